The Balaban J connectivity index is 2.85. The van der Waals surface area contributed by atoms with Gasteiger partial charge in [0.1, 0.15) is 5.82 Å². The van der Waals surface area contributed by atoms with Crippen LogP contribution in [0.15, 0.2) is 22.7 Å². The van der Waals surface area contributed by atoms with Crippen LogP contribution in [0.25, 0.3) is 0 Å². The van der Waals surface area contributed by atoms with E-state index in [1.807, 2.05) is 13.8 Å². The Labute approximate surface area is 107 Å². The highest BCUT2D eigenvalue weighted by Gasteiger charge is 2.20. The van der Waals surface area contributed by atoms with E-state index in [1.165, 1.54) is 18.2 Å². The van der Waals surface area contributed by atoms with Gasteiger partial charge >= 0.3 is 0 Å². The topological polar surface area (TPSA) is 29.1 Å². The van der Waals surface area contributed by atoms with Crippen molar-refractivity contribution in [1.82, 2.24) is 5.32 Å². The molecule has 0 radical (unpaired) electrons. The average molecular weight is 309 g/mol. The number of hydrogen-bond acceptors (Lipinski definition) is 1. The van der Waals surface area contributed by atoms with Crippen molar-refractivity contribution in [3.63, 3.8) is 0 Å². The predicted octanol–water partition coefficient (Wildman–Crippen LogP) is 3.34. The highest BCUT2D eigenvalue weighted by Crippen LogP contribution is 2.17. The summed E-state index contributed by atoms with van der Waals surface area (Å²) in [6.07, 6.45) is 0. The number of halogens is 3. The van der Waals surface area contributed by atoms with Gasteiger partial charge in [-0.1, -0.05) is 0 Å². The summed E-state index contributed by atoms with van der Waals surface area (Å²) in [6.45, 7) is 3.63. The summed E-state index contributed by atoms with van der Waals surface area (Å²) in [5.74, 6) is -0.360. The highest BCUT2D eigenvalue weighted by molar-refractivity contribution is 9.10. The molecule has 1 aromatic carbocycles. The Kier molecular flexibility index (Phi) is 4.33. The molecule has 0 aliphatic rings. The van der Waals surface area contributed by atoms with E-state index in [9.17, 15) is 9.18 Å². The number of benzene rings is 1. The standard InChI is InChI=1S/C11H12BrClFNO/c1-11(2,6-13)15-10(16)7-3-4-9(14)8(12)5-7/h3-5H,6H2,1-2H3,(H,15,16). The second-order valence-corrected chi connectivity index (χ2v) is 5.22. The fraction of sp³-hybridized carbons (Fsp3) is 0.364. The number of rotatable bonds is 3. The van der Waals surface area contributed by atoms with E-state index in [2.05, 4.69) is 21.2 Å². The number of carbonyl (C=O) groups is 1. The predicted molar refractivity (Wildman–Crippen MR) is 66.4 cm³/mol. The smallest absolute Gasteiger partial charge is 0.251 e. The van der Waals surface area contributed by atoms with Crippen LogP contribution in [0.2, 0.25) is 0 Å². The third-order valence-corrected chi connectivity index (χ3v) is 3.24. The molecule has 0 heterocycles. The lowest BCUT2D eigenvalue weighted by atomic mass is 10.1. The molecule has 1 amide bonds. The Morgan fingerprint density at radius 3 is 2.69 bits per heavy atom. The van der Waals surface area contributed by atoms with E-state index in [0.717, 1.165) is 0 Å². The molecule has 0 fully saturated rings. The van der Waals surface area contributed by atoms with Crippen LogP contribution in [0.3, 0.4) is 0 Å². The van der Waals surface area contributed by atoms with Gasteiger partial charge in [-0.25, -0.2) is 4.39 Å². The maximum absolute atomic E-state index is 13.0. The normalized spacial score (nSPS) is 11.3. The van der Waals surface area contributed by atoms with E-state index in [4.69, 9.17) is 11.6 Å². The first kappa shape index (κ1) is 13.5. The fourth-order valence-electron chi connectivity index (χ4n) is 1.05. The maximum Gasteiger partial charge on any atom is 0.251 e. The second-order valence-electron chi connectivity index (χ2n) is 4.10. The molecule has 0 aromatic heterocycles. The highest BCUT2D eigenvalue weighted by atomic mass is 79.9. The minimum Gasteiger partial charge on any atom is -0.346 e. The number of carbonyl (C=O) groups excluding carboxylic acids is 1. The first-order valence-corrected chi connectivity index (χ1v) is 6.02. The zero-order valence-corrected chi connectivity index (χ0v) is 11.3. The van der Waals surface area contributed by atoms with Gasteiger partial charge in [-0.15, -0.1) is 11.6 Å². The zero-order chi connectivity index (χ0) is 12.3. The SMILES string of the molecule is CC(C)(CCl)NC(=O)c1ccc(F)c(Br)c1. The van der Waals surface area contributed by atoms with E-state index in [0.29, 0.717) is 11.4 Å². The van der Waals surface area contributed by atoms with Crippen LogP contribution in [-0.4, -0.2) is 17.3 Å². The molecule has 1 aromatic rings. The molecule has 1 rings (SSSR count). The summed E-state index contributed by atoms with van der Waals surface area (Å²) in [5.41, 5.74) is -0.0917. The molecule has 0 aliphatic heterocycles. The maximum atomic E-state index is 13.0. The first-order valence-electron chi connectivity index (χ1n) is 4.69. The molecule has 0 bridgehead atoms. The van der Waals surface area contributed by atoms with Crippen molar-refractivity contribution < 1.29 is 9.18 Å². The first-order chi connectivity index (χ1) is 7.35. The summed E-state index contributed by atoms with van der Waals surface area (Å²) in [5, 5.41) is 2.75. The molecule has 0 saturated carbocycles. The lowest BCUT2D eigenvalue weighted by molar-refractivity contribution is 0.0920. The molecule has 5 heteroatoms. The molecule has 0 saturated heterocycles. The third kappa shape index (κ3) is 3.46. The molecule has 0 atom stereocenters. The average Bonchev–Trinajstić information content (AvgIpc) is 2.21. The van der Waals surface area contributed by atoms with E-state index in [-0.39, 0.29) is 10.4 Å². The summed E-state index contributed by atoms with van der Waals surface area (Å²) >= 11 is 8.73. The van der Waals surface area contributed by atoms with Gasteiger partial charge < -0.3 is 5.32 Å². The number of alkyl halides is 1. The number of nitrogens with one attached hydrogen (secondary N) is 1. The van der Waals surface area contributed by atoms with Crippen molar-refractivity contribution in [2.24, 2.45) is 0 Å². The van der Waals surface area contributed by atoms with Crippen molar-refractivity contribution in [3.8, 4) is 0 Å². The molecular weight excluding hydrogens is 296 g/mol. The van der Waals surface area contributed by atoms with E-state index >= 15 is 0 Å². The minimum atomic E-state index is -0.487. The summed E-state index contributed by atoms with van der Waals surface area (Å²) in [4.78, 5) is 11.8. The van der Waals surface area contributed by atoms with Gasteiger partial charge in [0.05, 0.1) is 4.47 Å². The number of hydrogen-bond donors (Lipinski definition) is 1. The van der Waals surface area contributed by atoms with Crippen LogP contribution < -0.4 is 5.32 Å². The van der Waals surface area contributed by atoms with Crippen LogP contribution in [0.4, 0.5) is 4.39 Å². The quantitative estimate of drug-likeness (QED) is 0.853. The third-order valence-electron chi connectivity index (χ3n) is 1.97. The van der Waals surface area contributed by atoms with Crippen LogP contribution in [-0.2, 0) is 0 Å². The van der Waals surface area contributed by atoms with Crippen molar-refractivity contribution in [2.75, 3.05) is 5.88 Å². The van der Waals surface area contributed by atoms with Crippen molar-refractivity contribution >= 4 is 33.4 Å². The Bertz CT molecular complexity index is 409. The van der Waals surface area contributed by atoms with Gasteiger partial charge in [0.15, 0.2) is 0 Å². The largest absolute Gasteiger partial charge is 0.346 e. The molecular formula is C11H12BrClFNO. The molecule has 88 valence electrons. The molecule has 2 nitrogen and oxygen atoms in total. The Hall–Kier alpha value is -0.610. The monoisotopic (exact) mass is 307 g/mol. The molecule has 16 heavy (non-hydrogen) atoms. The second kappa shape index (κ2) is 5.15. The van der Waals surface area contributed by atoms with Crippen LogP contribution in [0.1, 0.15) is 24.2 Å². The molecule has 0 aliphatic carbocycles. The van der Waals surface area contributed by atoms with Gasteiger partial charge in [0.25, 0.3) is 5.91 Å². The van der Waals surface area contributed by atoms with Gasteiger partial charge in [0, 0.05) is 17.0 Å². The van der Waals surface area contributed by atoms with Gasteiger partial charge in [-0.3, -0.25) is 4.79 Å². The lowest BCUT2D eigenvalue weighted by Crippen LogP contribution is -2.44. The van der Waals surface area contributed by atoms with E-state index < -0.39 is 11.4 Å². The molecule has 1 N–H and O–H groups in total. The Morgan fingerprint density at radius 1 is 1.56 bits per heavy atom. The van der Waals surface area contributed by atoms with Crippen LogP contribution in [0.5, 0.6) is 0 Å². The van der Waals surface area contributed by atoms with Gasteiger partial charge in [-0.05, 0) is 48.0 Å². The van der Waals surface area contributed by atoms with Crippen molar-refractivity contribution in [2.45, 2.75) is 19.4 Å². The summed E-state index contributed by atoms with van der Waals surface area (Å²) in [7, 11) is 0. The molecule has 0 spiro atoms. The summed E-state index contributed by atoms with van der Waals surface area (Å²) < 4.78 is 13.2. The summed E-state index contributed by atoms with van der Waals surface area (Å²) in [6, 6.07) is 4.11. The Morgan fingerprint density at radius 2 is 2.19 bits per heavy atom. The van der Waals surface area contributed by atoms with Crippen molar-refractivity contribution in [3.05, 3.63) is 34.1 Å². The minimum absolute atomic E-state index is 0.267. The van der Waals surface area contributed by atoms with Crippen LogP contribution >= 0.6 is 27.5 Å². The van der Waals surface area contributed by atoms with Gasteiger partial charge in [0.2, 0.25) is 0 Å². The van der Waals surface area contributed by atoms with Crippen molar-refractivity contribution in [1.29, 1.82) is 0 Å². The lowest BCUT2D eigenvalue weighted by Gasteiger charge is -2.23. The van der Waals surface area contributed by atoms with Gasteiger partial charge in [-0.2, -0.15) is 0 Å². The fourth-order valence-corrected chi connectivity index (χ4v) is 1.50. The molecule has 0 unspecified atom stereocenters. The zero-order valence-electron chi connectivity index (χ0n) is 8.98. The van der Waals surface area contributed by atoms with Crippen LogP contribution in [0, 0.1) is 5.82 Å². The number of amides is 1. The van der Waals surface area contributed by atoms with E-state index in [1.54, 1.807) is 0 Å².